The molecule has 0 saturated carbocycles. The van der Waals surface area contributed by atoms with Crippen LogP contribution < -0.4 is 10.6 Å². The molecule has 150 valence electrons. The molecule has 0 radical (unpaired) electrons. The van der Waals surface area contributed by atoms with E-state index in [2.05, 4.69) is 29.7 Å². The smallest absolute Gasteiger partial charge is 0.341 e. The summed E-state index contributed by atoms with van der Waals surface area (Å²) in [4.78, 5) is 26.1. The van der Waals surface area contributed by atoms with Gasteiger partial charge in [0.1, 0.15) is 5.00 Å². The number of esters is 1. The van der Waals surface area contributed by atoms with E-state index < -0.39 is 0 Å². The highest BCUT2D eigenvalue weighted by Gasteiger charge is 2.29. The fraction of sp³-hybridized carbons (Fsp3) is 0.455. The van der Waals surface area contributed by atoms with E-state index in [1.807, 2.05) is 18.2 Å². The monoisotopic (exact) mass is 400 g/mol. The van der Waals surface area contributed by atoms with E-state index in [1.54, 1.807) is 6.92 Å². The van der Waals surface area contributed by atoms with Gasteiger partial charge in [0, 0.05) is 4.88 Å². The van der Waals surface area contributed by atoms with Gasteiger partial charge in [-0.05, 0) is 56.2 Å². The van der Waals surface area contributed by atoms with Crippen LogP contribution in [0.3, 0.4) is 0 Å². The lowest BCUT2D eigenvalue weighted by Crippen LogP contribution is -2.29. The number of thiophene rings is 1. The standard InChI is InChI=1S/C22H28N2O3S/c1-3-27-22(26)20-17-10-9-15(2)13-18(17)28-21(20)24-19(25)14-23-12-11-16-7-5-4-6-8-16/h4-8,15,23H,3,9-14H2,1-2H3,(H,24,25)/t15-/m1/s1. The van der Waals surface area contributed by atoms with Crippen LogP contribution in [-0.4, -0.2) is 31.6 Å². The zero-order valence-corrected chi connectivity index (χ0v) is 17.4. The molecule has 1 aliphatic rings. The summed E-state index contributed by atoms with van der Waals surface area (Å²) in [5, 5.41) is 6.74. The van der Waals surface area contributed by atoms with Crippen molar-refractivity contribution < 1.29 is 14.3 Å². The number of fused-ring (bicyclic) bond motifs is 1. The van der Waals surface area contributed by atoms with Crippen LogP contribution in [0.1, 0.15) is 46.6 Å². The molecule has 28 heavy (non-hydrogen) atoms. The SMILES string of the molecule is CCOC(=O)c1c(NC(=O)CNCCc2ccccc2)sc2c1CC[C@@H](C)C2. The van der Waals surface area contributed by atoms with Gasteiger partial charge in [-0.1, -0.05) is 37.3 Å². The largest absolute Gasteiger partial charge is 0.462 e. The van der Waals surface area contributed by atoms with Crippen molar-refractivity contribution in [2.75, 3.05) is 25.0 Å². The summed E-state index contributed by atoms with van der Waals surface area (Å²) in [5.74, 6) is 0.136. The number of hydrogen-bond acceptors (Lipinski definition) is 5. The van der Waals surface area contributed by atoms with Gasteiger partial charge in [0.05, 0.1) is 18.7 Å². The molecular weight excluding hydrogens is 372 g/mol. The highest BCUT2D eigenvalue weighted by atomic mass is 32.1. The number of carbonyl (C=O) groups excluding carboxylic acids is 2. The minimum atomic E-state index is -0.332. The molecule has 5 nitrogen and oxygen atoms in total. The van der Waals surface area contributed by atoms with Gasteiger partial charge in [-0.3, -0.25) is 4.79 Å². The first-order chi connectivity index (χ1) is 13.6. The van der Waals surface area contributed by atoms with Gasteiger partial charge in [0.2, 0.25) is 5.91 Å². The molecule has 1 amide bonds. The van der Waals surface area contributed by atoms with Crippen LogP contribution in [0.15, 0.2) is 30.3 Å². The molecule has 0 saturated heterocycles. The minimum absolute atomic E-state index is 0.134. The molecule has 1 aromatic heterocycles. The molecule has 0 aliphatic heterocycles. The molecule has 1 aliphatic carbocycles. The average molecular weight is 401 g/mol. The summed E-state index contributed by atoms with van der Waals surface area (Å²) in [7, 11) is 0. The number of carbonyl (C=O) groups is 2. The van der Waals surface area contributed by atoms with Crippen LogP contribution in [0.2, 0.25) is 0 Å². The molecule has 1 atom stereocenters. The Kier molecular flexibility index (Phi) is 7.23. The average Bonchev–Trinajstić information content (AvgIpc) is 3.03. The lowest BCUT2D eigenvalue weighted by atomic mass is 9.88. The first-order valence-corrected chi connectivity index (χ1v) is 10.8. The summed E-state index contributed by atoms with van der Waals surface area (Å²) in [5.41, 5.74) is 2.86. The van der Waals surface area contributed by atoms with Crippen LogP contribution >= 0.6 is 11.3 Å². The second-order valence-corrected chi connectivity index (χ2v) is 8.34. The van der Waals surface area contributed by atoms with Crippen molar-refractivity contribution in [3.8, 4) is 0 Å². The molecule has 0 bridgehead atoms. The van der Waals surface area contributed by atoms with Gasteiger partial charge in [0.15, 0.2) is 0 Å². The minimum Gasteiger partial charge on any atom is -0.462 e. The summed E-state index contributed by atoms with van der Waals surface area (Å²) in [6.07, 6.45) is 3.75. The number of amides is 1. The lowest BCUT2D eigenvalue weighted by Gasteiger charge is -2.18. The van der Waals surface area contributed by atoms with Crippen molar-refractivity contribution in [2.24, 2.45) is 5.92 Å². The normalized spacial score (nSPS) is 15.7. The summed E-state index contributed by atoms with van der Waals surface area (Å²) in [6, 6.07) is 10.2. The first-order valence-electron chi connectivity index (χ1n) is 9.94. The Morgan fingerprint density at radius 3 is 2.79 bits per heavy atom. The number of nitrogens with one attached hydrogen (secondary N) is 2. The highest BCUT2D eigenvalue weighted by molar-refractivity contribution is 7.17. The van der Waals surface area contributed by atoms with Crippen LogP contribution in [0, 0.1) is 5.92 Å². The second kappa shape index (κ2) is 9.85. The molecule has 6 heteroatoms. The fourth-order valence-corrected chi connectivity index (χ4v) is 4.92. The van der Waals surface area contributed by atoms with E-state index >= 15 is 0 Å². The molecule has 3 rings (SSSR count). The van der Waals surface area contributed by atoms with Crippen molar-refractivity contribution in [1.29, 1.82) is 0 Å². The Balaban J connectivity index is 1.60. The van der Waals surface area contributed by atoms with E-state index in [1.165, 1.54) is 21.8 Å². The summed E-state index contributed by atoms with van der Waals surface area (Å²) < 4.78 is 5.25. The Morgan fingerprint density at radius 2 is 2.04 bits per heavy atom. The van der Waals surface area contributed by atoms with Crippen LogP contribution in [0.5, 0.6) is 0 Å². The number of ether oxygens (including phenoxy) is 1. The van der Waals surface area contributed by atoms with Gasteiger partial charge in [-0.15, -0.1) is 11.3 Å². The molecule has 2 aromatic rings. The van der Waals surface area contributed by atoms with E-state index in [9.17, 15) is 9.59 Å². The van der Waals surface area contributed by atoms with Gasteiger partial charge in [-0.25, -0.2) is 4.79 Å². The fourth-order valence-electron chi connectivity index (χ4n) is 3.51. The highest BCUT2D eigenvalue weighted by Crippen LogP contribution is 2.40. The first kappa shape index (κ1) is 20.6. The van der Waals surface area contributed by atoms with Crippen molar-refractivity contribution in [1.82, 2.24) is 5.32 Å². The third-order valence-electron chi connectivity index (χ3n) is 4.96. The van der Waals surface area contributed by atoms with Crippen LogP contribution in [0.4, 0.5) is 5.00 Å². The van der Waals surface area contributed by atoms with Crippen molar-refractivity contribution in [3.63, 3.8) is 0 Å². The van der Waals surface area contributed by atoms with Crippen LogP contribution in [-0.2, 0) is 28.8 Å². The number of rotatable bonds is 8. The Labute approximate surface area is 170 Å². The van der Waals surface area contributed by atoms with E-state index in [-0.39, 0.29) is 18.4 Å². The van der Waals surface area contributed by atoms with Crippen molar-refractivity contribution in [3.05, 3.63) is 51.9 Å². The van der Waals surface area contributed by atoms with Crippen molar-refractivity contribution >= 4 is 28.2 Å². The van der Waals surface area contributed by atoms with Gasteiger partial charge < -0.3 is 15.4 Å². The second-order valence-electron chi connectivity index (χ2n) is 7.24. The zero-order chi connectivity index (χ0) is 19.9. The van der Waals surface area contributed by atoms with Crippen LogP contribution in [0.25, 0.3) is 0 Å². The molecule has 1 aromatic carbocycles. The molecule has 2 N–H and O–H groups in total. The van der Waals surface area contributed by atoms with Gasteiger partial charge in [0.25, 0.3) is 0 Å². The Bertz CT molecular complexity index is 817. The molecule has 0 spiro atoms. The molecule has 1 heterocycles. The van der Waals surface area contributed by atoms with Gasteiger partial charge >= 0.3 is 5.97 Å². The van der Waals surface area contributed by atoms with E-state index in [0.29, 0.717) is 23.1 Å². The zero-order valence-electron chi connectivity index (χ0n) is 16.5. The maximum Gasteiger partial charge on any atom is 0.341 e. The third kappa shape index (κ3) is 5.20. The van der Waals surface area contributed by atoms with Crippen molar-refractivity contribution in [2.45, 2.75) is 39.5 Å². The number of anilines is 1. The number of hydrogen-bond donors (Lipinski definition) is 2. The Hall–Kier alpha value is -2.18. The number of benzene rings is 1. The predicted molar refractivity (Wildman–Crippen MR) is 113 cm³/mol. The third-order valence-corrected chi connectivity index (χ3v) is 6.13. The molecule has 0 fully saturated rings. The van der Waals surface area contributed by atoms with E-state index in [0.717, 1.165) is 37.8 Å². The van der Waals surface area contributed by atoms with Gasteiger partial charge in [-0.2, -0.15) is 0 Å². The molecular formula is C22H28N2O3S. The quantitative estimate of drug-likeness (QED) is 0.522. The lowest BCUT2D eigenvalue weighted by molar-refractivity contribution is -0.115. The maximum absolute atomic E-state index is 12.5. The van der Waals surface area contributed by atoms with E-state index in [4.69, 9.17) is 4.74 Å². The molecule has 0 unspecified atom stereocenters. The summed E-state index contributed by atoms with van der Waals surface area (Å²) >= 11 is 1.52. The Morgan fingerprint density at radius 1 is 1.25 bits per heavy atom. The predicted octanol–water partition coefficient (Wildman–Crippen LogP) is 3.82. The topological polar surface area (TPSA) is 67.4 Å². The summed E-state index contributed by atoms with van der Waals surface area (Å²) in [6.45, 7) is 5.29. The maximum atomic E-state index is 12.5.